The summed E-state index contributed by atoms with van der Waals surface area (Å²) in [6.45, 7) is 5.08. The van der Waals surface area contributed by atoms with Gasteiger partial charge in [0.05, 0.1) is 11.1 Å². The van der Waals surface area contributed by atoms with Crippen LogP contribution < -0.4 is 5.32 Å². The number of nitrogens with one attached hydrogen (secondary N) is 1. The van der Waals surface area contributed by atoms with E-state index in [2.05, 4.69) is 5.32 Å². The lowest BCUT2D eigenvalue weighted by molar-refractivity contribution is 0.0901. The van der Waals surface area contributed by atoms with Crippen molar-refractivity contribution in [3.63, 3.8) is 0 Å². The van der Waals surface area contributed by atoms with E-state index in [9.17, 15) is 9.90 Å². The molecule has 0 aromatic carbocycles. The lowest BCUT2D eigenvalue weighted by Gasteiger charge is -2.12. The third-order valence-corrected chi connectivity index (χ3v) is 2.89. The van der Waals surface area contributed by atoms with Crippen LogP contribution in [0.2, 0.25) is 5.02 Å². The molecule has 1 unspecified atom stereocenters. The fraction of sp³-hybridized carbons (Fsp3) is 0.615. The molecule has 0 fully saturated rings. The summed E-state index contributed by atoms with van der Waals surface area (Å²) in [5.41, 5.74) is 0.547. The van der Waals surface area contributed by atoms with Crippen molar-refractivity contribution in [2.75, 3.05) is 6.54 Å². The molecule has 2 N–H and O–H groups in total. The van der Waals surface area contributed by atoms with Gasteiger partial charge >= 0.3 is 0 Å². The predicted octanol–water partition coefficient (Wildman–Crippen LogP) is 2.44. The molecule has 1 heterocycles. The topological polar surface area (TPSA) is 54.3 Å². The van der Waals surface area contributed by atoms with Gasteiger partial charge in [0.25, 0.3) is 5.91 Å². The standard InChI is InChI=1S/C13H21ClN2O2/c1-3-5-11(17)8-15-13(18)12-7-10(14)9-16(12)6-4-2/h7,9,11,17H,3-6,8H2,1-2H3,(H,15,18). The molecule has 1 aromatic rings. The van der Waals surface area contributed by atoms with Crippen LogP contribution in [0.25, 0.3) is 0 Å². The highest BCUT2D eigenvalue weighted by Crippen LogP contribution is 2.14. The molecule has 1 aromatic heterocycles. The molecule has 0 aliphatic carbocycles. The second-order valence-corrected chi connectivity index (χ2v) is 4.83. The number of rotatable bonds is 7. The first kappa shape index (κ1) is 15.1. The molecule has 0 bridgehead atoms. The number of carbonyl (C=O) groups is 1. The molecular formula is C13H21ClN2O2. The van der Waals surface area contributed by atoms with Crippen molar-refractivity contribution >= 4 is 17.5 Å². The van der Waals surface area contributed by atoms with Gasteiger partial charge in [-0.25, -0.2) is 0 Å². The van der Waals surface area contributed by atoms with Crippen molar-refractivity contribution in [3.8, 4) is 0 Å². The van der Waals surface area contributed by atoms with Crippen LogP contribution in [0.5, 0.6) is 0 Å². The van der Waals surface area contributed by atoms with Crippen molar-refractivity contribution in [1.82, 2.24) is 9.88 Å². The molecule has 102 valence electrons. The number of halogens is 1. The molecule has 0 saturated heterocycles. The van der Waals surface area contributed by atoms with Gasteiger partial charge in [0.1, 0.15) is 5.69 Å². The van der Waals surface area contributed by atoms with Crippen LogP contribution in [0.4, 0.5) is 0 Å². The van der Waals surface area contributed by atoms with Crippen LogP contribution >= 0.6 is 11.6 Å². The molecule has 5 heteroatoms. The van der Waals surface area contributed by atoms with E-state index in [0.717, 1.165) is 19.4 Å². The van der Waals surface area contributed by atoms with Crippen LogP contribution in [-0.2, 0) is 6.54 Å². The Kier molecular flexibility index (Phi) is 6.22. The number of carbonyl (C=O) groups excluding carboxylic acids is 1. The average molecular weight is 273 g/mol. The molecule has 1 rings (SSSR count). The normalized spacial score (nSPS) is 12.4. The van der Waals surface area contributed by atoms with E-state index < -0.39 is 6.10 Å². The fourth-order valence-corrected chi connectivity index (χ4v) is 2.05. The van der Waals surface area contributed by atoms with Crippen molar-refractivity contribution in [3.05, 3.63) is 23.0 Å². The van der Waals surface area contributed by atoms with Crippen molar-refractivity contribution in [2.24, 2.45) is 0 Å². The number of aryl methyl sites for hydroxylation is 1. The van der Waals surface area contributed by atoms with Gasteiger partial charge in [0, 0.05) is 19.3 Å². The Morgan fingerprint density at radius 1 is 1.50 bits per heavy atom. The third-order valence-electron chi connectivity index (χ3n) is 2.68. The number of aliphatic hydroxyl groups excluding tert-OH is 1. The Morgan fingerprint density at radius 3 is 2.83 bits per heavy atom. The molecule has 0 aliphatic heterocycles. The summed E-state index contributed by atoms with van der Waals surface area (Å²) < 4.78 is 1.84. The first-order chi connectivity index (χ1) is 8.58. The molecular weight excluding hydrogens is 252 g/mol. The minimum Gasteiger partial charge on any atom is -0.391 e. The molecule has 4 nitrogen and oxygen atoms in total. The summed E-state index contributed by atoms with van der Waals surface area (Å²) >= 11 is 5.91. The first-order valence-corrected chi connectivity index (χ1v) is 6.78. The summed E-state index contributed by atoms with van der Waals surface area (Å²) in [5, 5.41) is 12.9. The van der Waals surface area contributed by atoms with E-state index in [1.807, 2.05) is 18.4 Å². The summed E-state index contributed by atoms with van der Waals surface area (Å²) in [7, 11) is 0. The fourth-order valence-electron chi connectivity index (χ4n) is 1.83. The Bertz CT molecular complexity index is 390. The highest BCUT2D eigenvalue weighted by atomic mass is 35.5. The SMILES string of the molecule is CCCC(O)CNC(=O)c1cc(Cl)cn1CCC. The van der Waals surface area contributed by atoms with Crippen molar-refractivity contribution < 1.29 is 9.90 Å². The lowest BCUT2D eigenvalue weighted by Crippen LogP contribution is -2.33. The van der Waals surface area contributed by atoms with Crippen LogP contribution in [-0.4, -0.2) is 28.2 Å². The molecule has 1 atom stereocenters. The monoisotopic (exact) mass is 272 g/mol. The van der Waals surface area contributed by atoms with E-state index in [4.69, 9.17) is 11.6 Å². The molecule has 0 saturated carbocycles. The van der Waals surface area contributed by atoms with E-state index in [0.29, 0.717) is 17.1 Å². The van der Waals surface area contributed by atoms with Gasteiger partial charge in [-0.1, -0.05) is 31.9 Å². The quantitative estimate of drug-likeness (QED) is 0.801. The molecule has 0 radical (unpaired) electrons. The minimum atomic E-state index is -0.482. The highest BCUT2D eigenvalue weighted by molar-refractivity contribution is 6.31. The van der Waals surface area contributed by atoms with Crippen molar-refractivity contribution in [1.29, 1.82) is 0 Å². The summed E-state index contributed by atoms with van der Waals surface area (Å²) in [6.07, 6.45) is 3.79. The average Bonchev–Trinajstić information content (AvgIpc) is 2.68. The van der Waals surface area contributed by atoms with Gasteiger partial charge in [-0.05, 0) is 18.9 Å². The number of aromatic nitrogens is 1. The number of amides is 1. The largest absolute Gasteiger partial charge is 0.391 e. The summed E-state index contributed by atoms with van der Waals surface area (Å²) in [4.78, 5) is 12.0. The third kappa shape index (κ3) is 4.35. The van der Waals surface area contributed by atoms with E-state index in [1.165, 1.54) is 0 Å². The number of aliphatic hydroxyl groups is 1. The van der Waals surface area contributed by atoms with Gasteiger partial charge in [-0.15, -0.1) is 0 Å². The molecule has 0 spiro atoms. The van der Waals surface area contributed by atoms with Crippen LogP contribution in [0.15, 0.2) is 12.3 Å². The maximum absolute atomic E-state index is 12.0. The smallest absolute Gasteiger partial charge is 0.268 e. The Balaban J connectivity index is 2.60. The van der Waals surface area contributed by atoms with Crippen LogP contribution in [0.1, 0.15) is 43.6 Å². The summed E-state index contributed by atoms with van der Waals surface area (Å²) in [5.74, 6) is -0.189. The van der Waals surface area contributed by atoms with Gasteiger partial charge in [0.2, 0.25) is 0 Å². The number of hydrogen-bond acceptors (Lipinski definition) is 2. The summed E-state index contributed by atoms with van der Waals surface area (Å²) in [6, 6.07) is 1.65. The van der Waals surface area contributed by atoms with Crippen LogP contribution in [0.3, 0.4) is 0 Å². The van der Waals surface area contributed by atoms with Gasteiger partial charge in [0.15, 0.2) is 0 Å². The maximum atomic E-state index is 12.0. The van der Waals surface area contributed by atoms with E-state index in [-0.39, 0.29) is 12.5 Å². The highest BCUT2D eigenvalue weighted by Gasteiger charge is 2.13. The minimum absolute atomic E-state index is 0.189. The Hall–Kier alpha value is -1.00. The second kappa shape index (κ2) is 7.44. The number of hydrogen-bond donors (Lipinski definition) is 2. The molecule has 0 aliphatic rings. The maximum Gasteiger partial charge on any atom is 0.268 e. The lowest BCUT2D eigenvalue weighted by atomic mass is 10.2. The second-order valence-electron chi connectivity index (χ2n) is 4.39. The van der Waals surface area contributed by atoms with Gasteiger partial charge in [-0.3, -0.25) is 4.79 Å². The number of nitrogens with zero attached hydrogens (tertiary/aromatic N) is 1. The molecule has 1 amide bonds. The van der Waals surface area contributed by atoms with E-state index in [1.54, 1.807) is 12.3 Å². The van der Waals surface area contributed by atoms with Crippen LogP contribution in [0, 0.1) is 0 Å². The van der Waals surface area contributed by atoms with Crippen molar-refractivity contribution in [2.45, 2.75) is 45.8 Å². The first-order valence-electron chi connectivity index (χ1n) is 6.40. The van der Waals surface area contributed by atoms with Gasteiger partial charge in [-0.2, -0.15) is 0 Å². The Morgan fingerprint density at radius 2 is 2.22 bits per heavy atom. The molecule has 18 heavy (non-hydrogen) atoms. The zero-order chi connectivity index (χ0) is 13.5. The zero-order valence-electron chi connectivity index (χ0n) is 10.9. The Labute approximate surface area is 113 Å². The van der Waals surface area contributed by atoms with Gasteiger partial charge < -0.3 is 15.0 Å². The predicted molar refractivity (Wildman–Crippen MR) is 73.0 cm³/mol. The van der Waals surface area contributed by atoms with E-state index >= 15 is 0 Å². The zero-order valence-corrected chi connectivity index (χ0v) is 11.7.